The van der Waals surface area contributed by atoms with Gasteiger partial charge in [0.2, 0.25) is 0 Å². The number of benzene rings is 1. The minimum atomic E-state index is -0.219. The maximum atomic E-state index is 12.1. The summed E-state index contributed by atoms with van der Waals surface area (Å²) in [5.41, 5.74) is 5.93. The first-order valence-electron chi connectivity index (χ1n) is 9.31. The van der Waals surface area contributed by atoms with Crippen LogP contribution in [0, 0.1) is 6.92 Å². The number of nitrogens with zero attached hydrogens (tertiary/aromatic N) is 2. The maximum absolute atomic E-state index is 12.1. The fraction of sp³-hybridized carbons (Fsp3) is 0.350. The number of nitrogens with one attached hydrogen (secondary N) is 3. The van der Waals surface area contributed by atoms with E-state index in [1.165, 1.54) is 0 Å². The van der Waals surface area contributed by atoms with E-state index < -0.39 is 0 Å². The van der Waals surface area contributed by atoms with E-state index in [4.69, 9.17) is 9.97 Å². The second-order valence-corrected chi connectivity index (χ2v) is 7.38. The molecule has 0 bridgehead atoms. The molecular weight excluding hydrogens is 342 g/mol. The highest BCUT2D eigenvalue weighted by Gasteiger charge is 2.28. The van der Waals surface area contributed by atoms with E-state index in [0.717, 1.165) is 58.8 Å². The van der Waals surface area contributed by atoms with Gasteiger partial charge in [0.25, 0.3) is 5.91 Å². The standard InChI is InChI=1S/C20H21N5O2/c1-10-19(23-11-7-12(26)8-11)25-18-13(3-2-4-16(18)22-10)17-9-14-15(24-17)5-6-21-20(14)27/h2-4,9,11-12,24,26H,5-8H2,1H3,(H,21,27)(H,23,25). The molecule has 138 valence electrons. The van der Waals surface area contributed by atoms with Crippen LogP contribution >= 0.6 is 0 Å². The number of para-hydroxylation sites is 1. The van der Waals surface area contributed by atoms with Gasteiger partial charge in [0.15, 0.2) is 0 Å². The summed E-state index contributed by atoms with van der Waals surface area (Å²) in [6.45, 7) is 2.59. The van der Waals surface area contributed by atoms with E-state index in [9.17, 15) is 9.90 Å². The zero-order valence-corrected chi connectivity index (χ0v) is 15.0. The number of anilines is 1. The molecule has 0 spiro atoms. The van der Waals surface area contributed by atoms with Crippen LogP contribution in [0.5, 0.6) is 0 Å². The molecule has 7 nitrogen and oxygen atoms in total. The Bertz CT molecular complexity index is 1050. The lowest BCUT2D eigenvalue weighted by atomic mass is 9.89. The van der Waals surface area contributed by atoms with Crippen molar-refractivity contribution < 1.29 is 9.90 Å². The molecule has 0 radical (unpaired) electrons. The van der Waals surface area contributed by atoms with Crippen molar-refractivity contribution in [1.29, 1.82) is 0 Å². The number of aliphatic hydroxyl groups is 1. The van der Waals surface area contributed by atoms with E-state index in [1.54, 1.807) is 0 Å². The molecule has 2 aliphatic rings. The minimum Gasteiger partial charge on any atom is -0.393 e. The Hall–Kier alpha value is -2.93. The smallest absolute Gasteiger partial charge is 0.253 e. The van der Waals surface area contributed by atoms with Gasteiger partial charge in [0.05, 0.1) is 22.9 Å². The molecule has 7 heteroatoms. The Morgan fingerprint density at radius 1 is 1.22 bits per heavy atom. The number of amides is 1. The number of hydrogen-bond acceptors (Lipinski definition) is 5. The molecule has 0 saturated heterocycles. The molecule has 0 unspecified atom stereocenters. The van der Waals surface area contributed by atoms with Crippen LogP contribution < -0.4 is 10.6 Å². The molecule has 1 aliphatic carbocycles. The minimum absolute atomic E-state index is 0.0354. The summed E-state index contributed by atoms with van der Waals surface area (Å²) < 4.78 is 0. The average Bonchev–Trinajstić information content (AvgIpc) is 3.06. The highest BCUT2D eigenvalue weighted by molar-refractivity contribution is 5.99. The van der Waals surface area contributed by atoms with Crippen molar-refractivity contribution in [2.75, 3.05) is 11.9 Å². The molecule has 3 aromatic rings. The zero-order valence-electron chi connectivity index (χ0n) is 15.0. The molecule has 1 saturated carbocycles. The van der Waals surface area contributed by atoms with Gasteiger partial charge in [-0.05, 0) is 31.9 Å². The lowest BCUT2D eigenvalue weighted by molar-refractivity contribution is 0.0835. The predicted octanol–water partition coefficient (Wildman–Crippen LogP) is 2.15. The number of aromatic amines is 1. The summed E-state index contributed by atoms with van der Waals surface area (Å²) in [5, 5.41) is 15.8. The third-order valence-electron chi connectivity index (χ3n) is 5.42. The van der Waals surface area contributed by atoms with E-state index in [2.05, 4.69) is 15.6 Å². The molecule has 3 heterocycles. The van der Waals surface area contributed by atoms with Crippen LogP contribution in [0.2, 0.25) is 0 Å². The van der Waals surface area contributed by atoms with Gasteiger partial charge >= 0.3 is 0 Å². The largest absolute Gasteiger partial charge is 0.393 e. The summed E-state index contributed by atoms with van der Waals surface area (Å²) in [6, 6.07) is 8.04. The van der Waals surface area contributed by atoms with Gasteiger partial charge < -0.3 is 20.7 Å². The molecule has 1 aliphatic heterocycles. The van der Waals surface area contributed by atoms with Crippen LogP contribution in [0.25, 0.3) is 22.3 Å². The number of aliphatic hydroxyl groups excluding tert-OH is 1. The molecular formula is C20H21N5O2. The molecule has 1 fully saturated rings. The molecule has 0 atom stereocenters. The van der Waals surface area contributed by atoms with Crippen LogP contribution in [0.3, 0.4) is 0 Å². The Morgan fingerprint density at radius 3 is 2.85 bits per heavy atom. The number of rotatable bonds is 3. The van der Waals surface area contributed by atoms with Crippen molar-refractivity contribution >= 4 is 22.8 Å². The van der Waals surface area contributed by atoms with Crippen LogP contribution in [-0.2, 0) is 6.42 Å². The fourth-order valence-corrected chi connectivity index (χ4v) is 3.86. The van der Waals surface area contributed by atoms with Crippen molar-refractivity contribution in [2.24, 2.45) is 0 Å². The van der Waals surface area contributed by atoms with Gasteiger partial charge in [-0.2, -0.15) is 0 Å². The second-order valence-electron chi connectivity index (χ2n) is 7.38. The van der Waals surface area contributed by atoms with Gasteiger partial charge in [-0.1, -0.05) is 12.1 Å². The first-order valence-corrected chi connectivity index (χ1v) is 9.31. The van der Waals surface area contributed by atoms with Gasteiger partial charge in [0, 0.05) is 36.0 Å². The monoisotopic (exact) mass is 363 g/mol. The van der Waals surface area contributed by atoms with E-state index >= 15 is 0 Å². The number of aryl methyl sites for hydroxylation is 1. The zero-order chi connectivity index (χ0) is 18.5. The second kappa shape index (κ2) is 6.06. The number of aromatic nitrogens is 3. The highest BCUT2D eigenvalue weighted by Crippen LogP contribution is 2.31. The number of carbonyl (C=O) groups is 1. The van der Waals surface area contributed by atoms with E-state index in [0.29, 0.717) is 12.1 Å². The van der Waals surface area contributed by atoms with Crippen LogP contribution in [0.15, 0.2) is 24.3 Å². The van der Waals surface area contributed by atoms with Crippen LogP contribution in [0.4, 0.5) is 5.82 Å². The number of H-pyrrole nitrogens is 1. The Labute approximate surface area is 156 Å². The number of fused-ring (bicyclic) bond motifs is 2. The van der Waals surface area contributed by atoms with E-state index in [-0.39, 0.29) is 18.1 Å². The first-order chi connectivity index (χ1) is 13.1. The van der Waals surface area contributed by atoms with Gasteiger partial charge in [0.1, 0.15) is 11.3 Å². The normalized spacial score (nSPS) is 21.5. The summed E-state index contributed by atoms with van der Waals surface area (Å²) in [6.07, 6.45) is 2.05. The summed E-state index contributed by atoms with van der Waals surface area (Å²) >= 11 is 0. The van der Waals surface area contributed by atoms with Crippen molar-refractivity contribution in [3.8, 4) is 11.3 Å². The van der Waals surface area contributed by atoms with Crippen LogP contribution in [-0.4, -0.2) is 44.7 Å². The Balaban J connectivity index is 1.59. The quantitative estimate of drug-likeness (QED) is 0.571. The maximum Gasteiger partial charge on any atom is 0.253 e. The van der Waals surface area contributed by atoms with Crippen molar-refractivity contribution in [3.05, 3.63) is 41.2 Å². The third-order valence-corrected chi connectivity index (χ3v) is 5.42. The van der Waals surface area contributed by atoms with Crippen molar-refractivity contribution in [2.45, 2.75) is 38.3 Å². The van der Waals surface area contributed by atoms with Gasteiger partial charge in [-0.3, -0.25) is 4.79 Å². The van der Waals surface area contributed by atoms with Crippen molar-refractivity contribution in [1.82, 2.24) is 20.3 Å². The molecule has 27 heavy (non-hydrogen) atoms. The fourth-order valence-electron chi connectivity index (χ4n) is 3.86. The lowest BCUT2D eigenvalue weighted by Crippen LogP contribution is -2.39. The third kappa shape index (κ3) is 2.75. The Kier molecular flexibility index (Phi) is 3.65. The van der Waals surface area contributed by atoms with Gasteiger partial charge in [-0.15, -0.1) is 0 Å². The predicted molar refractivity (Wildman–Crippen MR) is 103 cm³/mol. The number of carbonyl (C=O) groups excluding carboxylic acids is 1. The topological polar surface area (TPSA) is 103 Å². The highest BCUT2D eigenvalue weighted by atomic mass is 16.3. The average molecular weight is 363 g/mol. The molecule has 4 N–H and O–H groups in total. The molecule has 1 aromatic carbocycles. The summed E-state index contributed by atoms with van der Waals surface area (Å²) in [4.78, 5) is 25.0. The summed E-state index contributed by atoms with van der Waals surface area (Å²) in [7, 11) is 0. The lowest BCUT2D eigenvalue weighted by Gasteiger charge is -2.32. The SMILES string of the molecule is Cc1nc2cccc(-c3cc4c([nH]3)CCNC4=O)c2nc1NC1CC(O)C1. The molecule has 2 aromatic heterocycles. The van der Waals surface area contributed by atoms with Crippen LogP contribution in [0.1, 0.15) is 34.6 Å². The summed E-state index contributed by atoms with van der Waals surface area (Å²) in [5.74, 6) is 0.715. The van der Waals surface area contributed by atoms with E-state index in [1.807, 2.05) is 31.2 Å². The van der Waals surface area contributed by atoms with Gasteiger partial charge in [-0.25, -0.2) is 9.97 Å². The van der Waals surface area contributed by atoms with Crippen molar-refractivity contribution in [3.63, 3.8) is 0 Å². The number of hydrogen-bond donors (Lipinski definition) is 4. The molecule has 1 amide bonds. The first kappa shape index (κ1) is 16.3. The molecule has 5 rings (SSSR count). The Morgan fingerprint density at radius 2 is 2.07 bits per heavy atom.